The van der Waals surface area contributed by atoms with Crippen molar-refractivity contribution in [2.24, 2.45) is 12.0 Å². The molecule has 1 aliphatic heterocycles. The van der Waals surface area contributed by atoms with E-state index in [-0.39, 0.29) is 0 Å². The predicted octanol–water partition coefficient (Wildman–Crippen LogP) is 2.90. The third-order valence-corrected chi connectivity index (χ3v) is 5.78. The van der Waals surface area contributed by atoms with Crippen molar-refractivity contribution in [3.63, 3.8) is 0 Å². The average Bonchev–Trinajstić information content (AvgIpc) is 2.96. The van der Waals surface area contributed by atoms with Crippen LogP contribution in [0.3, 0.4) is 0 Å². The number of aromatic nitrogens is 2. The standard InChI is InChI=1S/C24H38N6O/c1-7-25-24(27-13-23-19(4)28-29(6)20(23)5)26-12-21-8-10-22(11-9-21)16-30-14-17(2)31-18(3)15-30/h8-11,17-18H,7,12-16H2,1-6H3,(H2,25,26,27). The first-order chi connectivity index (χ1) is 14.9. The van der Waals surface area contributed by atoms with Crippen LogP contribution >= 0.6 is 0 Å². The fourth-order valence-corrected chi connectivity index (χ4v) is 4.18. The number of aryl methyl sites for hydroxylation is 2. The largest absolute Gasteiger partial charge is 0.373 e. The minimum atomic E-state index is 0.300. The lowest BCUT2D eigenvalue weighted by Crippen LogP contribution is -2.44. The summed E-state index contributed by atoms with van der Waals surface area (Å²) in [5.41, 5.74) is 6.01. The van der Waals surface area contributed by atoms with Crippen molar-refractivity contribution in [1.29, 1.82) is 0 Å². The SMILES string of the molecule is CCNC(=NCc1ccc(CN2CC(C)OC(C)C2)cc1)NCc1c(C)nn(C)c1C. The highest BCUT2D eigenvalue weighted by atomic mass is 16.5. The molecule has 0 saturated carbocycles. The van der Waals surface area contributed by atoms with E-state index in [0.29, 0.717) is 25.3 Å². The van der Waals surface area contributed by atoms with E-state index in [2.05, 4.69) is 72.6 Å². The Hall–Kier alpha value is -2.38. The van der Waals surface area contributed by atoms with Gasteiger partial charge in [0.2, 0.25) is 0 Å². The zero-order valence-corrected chi connectivity index (χ0v) is 19.9. The molecule has 2 heterocycles. The number of nitrogens with zero attached hydrogens (tertiary/aromatic N) is 4. The number of guanidine groups is 1. The maximum Gasteiger partial charge on any atom is 0.191 e. The summed E-state index contributed by atoms with van der Waals surface area (Å²) in [5, 5.41) is 11.3. The van der Waals surface area contributed by atoms with Gasteiger partial charge in [-0.25, -0.2) is 4.99 Å². The van der Waals surface area contributed by atoms with Gasteiger partial charge in [-0.3, -0.25) is 9.58 Å². The molecule has 0 radical (unpaired) electrons. The molecule has 1 aromatic carbocycles. The fraction of sp³-hybridized carbons (Fsp3) is 0.583. The predicted molar refractivity (Wildman–Crippen MR) is 126 cm³/mol. The van der Waals surface area contributed by atoms with E-state index in [1.54, 1.807) is 0 Å². The Morgan fingerprint density at radius 3 is 2.32 bits per heavy atom. The fourth-order valence-electron chi connectivity index (χ4n) is 4.18. The molecule has 1 fully saturated rings. The second kappa shape index (κ2) is 10.8. The minimum Gasteiger partial charge on any atom is -0.373 e. The number of nitrogens with one attached hydrogen (secondary N) is 2. The van der Waals surface area contributed by atoms with Crippen LogP contribution in [0.2, 0.25) is 0 Å². The van der Waals surface area contributed by atoms with Crippen molar-refractivity contribution in [3.8, 4) is 0 Å². The summed E-state index contributed by atoms with van der Waals surface area (Å²) in [5.74, 6) is 0.825. The van der Waals surface area contributed by atoms with Crippen LogP contribution in [-0.2, 0) is 31.4 Å². The lowest BCUT2D eigenvalue weighted by molar-refractivity contribution is -0.0704. The van der Waals surface area contributed by atoms with Gasteiger partial charge in [-0.15, -0.1) is 0 Å². The maximum atomic E-state index is 5.84. The lowest BCUT2D eigenvalue weighted by atomic mass is 10.1. The second-order valence-electron chi connectivity index (χ2n) is 8.59. The highest BCUT2D eigenvalue weighted by molar-refractivity contribution is 5.79. The molecule has 0 aliphatic carbocycles. The molecular formula is C24H38N6O. The molecule has 2 unspecified atom stereocenters. The quantitative estimate of drug-likeness (QED) is 0.526. The molecule has 0 bridgehead atoms. The van der Waals surface area contributed by atoms with Crippen molar-refractivity contribution in [3.05, 3.63) is 52.3 Å². The van der Waals surface area contributed by atoms with Gasteiger partial charge in [0.1, 0.15) is 0 Å². The van der Waals surface area contributed by atoms with Gasteiger partial charge in [-0.1, -0.05) is 24.3 Å². The first kappa shape index (κ1) is 23.3. The molecule has 2 atom stereocenters. The summed E-state index contributed by atoms with van der Waals surface area (Å²) in [7, 11) is 1.98. The molecule has 2 aromatic rings. The number of hydrogen-bond donors (Lipinski definition) is 2. The number of hydrogen-bond acceptors (Lipinski definition) is 4. The smallest absolute Gasteiger partial charge is 0.191 e. The van der Waals surface area contributed by atoms with Crippen LogP contribution in [-0.4, -0.2) is 52.5 Å². The van der Waals surface area contributed by atoms with Gasteiger partial charge in [-0.2, -0.15) is 5.10 Å². The average molecular weight is 427 g/mol. The minimum absolute atomic E-state index is 0.300. The first-order valence-electron chi connectivity index (χ1n) is 11.3. The Labute approximate surface area is 186 Å². The molecule has 1 aliphatic rings. The van der Waals surface area contributed by atoms with E-state index < -0.39 is 0 Å². The van der Waals surface area contributed by atoms with Gasteiger partial charge in [0.25, 0.3) is 0 Å². The van der Waals surface area contributed by atoms with Crippen LogP contribution in [0.1, 0.15) is 48.8 Å². The van der Waals surface area contributed by atoms with Gasteiger partial charge < -0.3 is 15.4 Å². The van der Waals surface area contributed by atoms with Gasteiger partial charge >= 0.3 is 0 Å². The molecule has 170 valence electrons. The van der Waals surface area contributed by atoms with Gasteiger partial charge in [0.05, 0.1) is 24.4 Å². The van der Waals surface area contributed by atoms with E-state index in [0.717, 1.165) is 37.8 Å². The highest BCUT2D eigenvalue weighted by Crippen LogP contribution is 2.15. The monoisotopic (exact) mass is 426 g/mol. The molecular weight excluding hydrogens is 388 g/mol. The molecule has 1 aromatic heterocycles. The Bertz CT molecular complexity index is 863. The van der Waals surface area contributed by atoms with Crippen LogP contribution in [0, 0.1) is 13.8 Å². The van der Waals surface area contributed by atoms with Crippen molar-refractivity contribution in [2.75, 3.05) is 19.6 Å². The summed E-state index contributed by atoms with van der Waals surface area (Å²) < 4.78 is 7.76. The number of ether oxygens (including phenoxy) is 1. The topological polar surface area (TPSA) is 66.7 Å². The van der Waals surface area contributed by atoms with E-state index >= 15 is 0 Å². The summed E-state index contributed by atoms with van der Waals surface area (Å²) in [6.45, 7) is 15.7. The first-order valence-corrected chi connectivity index (χ1v) is 11.3. The second-order valence-corrected chi connectivity index (χ2v) is 8.59. The molecule has 7 nitrogen and oxygen atoms in total. The molecule has 7 heteroatoms. The Morgan fingerprint density at radius 2 is 1.74 bits per heavy atom. The van der Waals surface area contributed by atoms with Crippen molar-refractivity contribution >= 4 is 5.96 Å². The zero-order valence-electron chi connectivity index (χ0n) is 19.9. The summed E-state index contributed by atoms with van der Waals surface area (Å²) >= 11 is 0. The van der Waals surface area contributed by atoms with Gasteiger partial charge in [0, 0.05) is 51.0 Å². The summed E-state index contributed by atoms with van der Waals surface area (Å²) in [4.78, 5) is 7.24. The zero-order chi connectivity index (χ0) is 22.4. The lowest BCUT2D eigenvalue weighted by Gasteiger charge is -2.35. The van der Waals surface area contributed by atoms with Crippen molar-refractivity contribution in [2.45, 2.75) is 66.5 Å². The number of morpholine rings is 1. The Balaban J connectivity index is 1.56. The molecule has 1 saturated heterocycles. The molecule has 3 rings (SSSR count). The molecule has 31 heavy (non-hydrogen) atoms. The Kier molecular flexibility index (Phi) is 8.09. The van der Waals surface area contributed by atoms with Gasteiger partial charge in [-0.05, 0) is 45.7 Å². The maximum absolute atomic E-state index is 5.84. The van der Waals surface area contributed by atoms with E-state index in [9.17, 15) is 0 Å². The summed E-state index contributed by atoms with van der Waals surface area (Å²) in [6, 6.07) is 8.81. The van der Waals surface area contributed by atoms with E-state index in [4.69, 9.17) is 9.73 Å². The van der Waals surface area contributed by atoms with Crippen molar-refractivity contribution in [1.82, 2.24) is 25.3 Å². The molecule has 0 amide bonds. The summed E-state index contributed by atoms with van der Waals surface area (Å²) in [6.07, 6.45) is 0.599. The van der Waals surface area contributed by atoms with Crippen LogP contribution in [0.15, 0.2) is 29.3 Å². The highest BCUT2D eigenvalue weighted by Gasteiger charge is 2.21. The number of benzene rings is 1. The Morgan fingerprint density at radius 1 is 1.10 bits per heavy atom. The molecule has 0 spiro atoms. The van der Waals surface area contributed by atoms with E-state index in [1.165, 1.54) is 22.4 Å². The van der Waals surface area contributed by atoms with Crippen LogP contribution in [0.5, 0.6) is 0 Å². The van der Waals surface area contributed by atoms with E-state index in [1.807, 2.05) is 18.7 Å². The number of rotatable bonds is 7. The van der Waals surface area contributed by atoms with Crippen molar-refractivity contribution < 1.29 is 4.74 Å². The third kappa shape index (κ3) is 6.55. The van der Waals surface area contributed by atoms with Crippen LogP contribution in [0.25, 0.3) is 0 Å². The van der Waals surface area contributed by atoms with Gasteiger partial charge in [0.15, 0.2) is 5.96 Å². The number of aliphatic imine (C=N–C) groups is 1. The molecule has 2 N–H and O–H groups in total. The van der Waals surface area contributed by atoms with Crippen LogP contribution < -0.4 is 10.6 Å². The van der Waals surface area contributed by atoms with Crippen LogP contribution in [0.4, 0.5) is 0 Å². The third-order valence-electron chi connectivity index (χ3n) is 5.78. The normalized spacial score (nSPS) is 20.1.